The molecule has 0 aliphatic rings. The first-order valence-corrected chi connectivity index (χ1v) is 7.15. The van der Waals surface area contributed by atoms with E-state index in [9.17, 15) is 4.79 Å². The van der Waals surface area contributed by atoms with Crippen LogP contribution in [0.2, 0.25) is 0 Å². The molecule has 1 aromatic carbocycles. The molecule has 0 atom stereocenters. The first-order chi connectivity index (χ1) is 9.65. The Morgan fingerprint density at radius 1 is 1.33 bits per heavy atom. The zero-order valence-electron chi connectivity index (χ0n) is 13.8. The number of amides is 2. The van der Waals surface area contributed by atoms with Crippen LogP contribution in [0.3, 0.4) is 0 Å². The number of para-hydroxylation sites is 1. The monoisotopic (exact) mass is 290 g/mol. The van der Waals surface area contributed by atoms with Crippen molar-refractivity contribution in [1.82, 2.24) is 10.6 Å². The molecule has 3 N–H and O–H groups in total. The second-order valence-corrected chi connectivity index (χ2v) is 6.17. The highest BCUT2D eigenvalue weighted by Crippen LogP contribution is 2.24. The molecule has 0 aliphatic heterocycles. The average Bonchev–Trinajstić information content (AvgIpc) is 2.35. The van der Waals surface area contributed by atoms with Crippen LogP contribution < -0.4 is 15.5 Å². The van der Waals surface area contributed by atoms with Crippen LogP contribution in [0.1, 0.15) is 38.8 Å². The van der Waals surface area contributed by atoms with Gasteiger partial charge in [0.15, 0.2) is 0 Å². The Labute approximate surface area is 127 Å². The number of benzene rings is 1. The van der Waals surface area contributed by atoms with Gasteiger partial charge < -0.3 is 10.2 Å². The van der Waals surface area contributed by atoms with Gasteiger partial charge in [-0.1, -0.05) is 25.1 Å². The number of nitrogens with one attached hydrogen (secondary N) is 3. The number of rotatable bonds is 2. The van der Waals surface area contributed by atoms with Gasteiger partial charge in [0.2, 0.25) is 5.96 Å². The van der Waals surface area contributed by atoms with Crippen LogP contribution in [0.4, 0.5) is 10.5 Å². The molecule has 0 aliphatic carbocycles. The molecule has 0 fully saturated rings. The lowest BCUT2D eigenvalue weighted by molar-refractivity contribution is 0.236. The van der Waals surface area contributed by atoms with Gasteiger partial charge >= 0.3 is 6.03 Å². The van der Waals surface area contributed by atoms with Gasteiger partial charge in [0.1, 0.15) is 0 Å². The molecule has 2 amide bonds. The van der Waals surface area contributed by atoms with E-state index in [2.05, 4.69) is 17.6 Å². The maximum atomic E-state index is 11.9. The SMILES string of the molecule is CCc1cccc(C)c1N(C)C(=N)NC(=O)NC(C)(C)C. The third-order valence-corrected chi connectivity index (χ3v) is 3.09. The summed E-state index contributed by atoms with van der Waals surface area (Å²) in [5, 5.41) is 13.4. The maximum Gasteiger partial charge on any atom is 0.321 e. The summed E-state index contributed by atoms with van der Waals surface area (Å²) in [6, 6.07) is 5.69. The Hall–Kier alpha value is -2.04. The zero-order valence-corrected chi connectivity index (χ0v) is 13.8. The number of aryl methyl sites for hydroxylation is 2. The van der Waals surface area contributed by atoms with Crippen LogP contribution in [0.25, 0.3) is 0 Å². The Morgan fingerprint density at radius 2 is 1.95 bits per heavy atom. The minimum Gasteiger partial charge on any atom is -0.333 e. The fourth-order valence-corrected chi connectivity index (χ4v) is 2.16. The molecule has 1 aromatic rings. The minimum absolute atomic E-state index is 0.0563. The van der Waals surface area contributed by atoms with Crippen molar-refractivity contribution in [1.29, 1.82) is 5.41 Å². The first-order valence-electron chi connectivity index (χ1n) is 7.15. The van der Waals surface area contributed by atoms with Gasteiger partial charge in [0.25, 0.3) is 0 Å². The Balaban J connectivity index is 2.87. The van der Waals surface area contributed by atoms with Gasteiger partial charge in [-0.2, -0.15) is 0 Å². The molecule has 0 spiro atoms. The third kappa shape index (κ3) is 4.77. The topological polar surface area (TPSA) is 68.2 Å². The van der Waals surface area contributed by atoms with Crippen molar-refractivity contribution in [3.8, 4) is 0 Å². The van der Waals surface area contributed by atoms with Crippen molar-refractivity contribution < 1.29 is 4.79 Å². The number of hydrogen-bond acceptors (Lipinski definition) is 2. The average molecular weight is 290 g/mol. The van der Waals surface area contributed by atoms with E-state index in [-0.39, 0.29) is 17.5 Å². The number of carbonyl (C=O) groups excluding carboxylic acids is 1. The lowest BCUT2D eigenvalue weighted by Crippen LogP contribution is -2.51. The zero-order chi connectivity index (χ0) is 16.2. The molecule has 1 rings (SSSR count). The van der Waals surface area contributed by atoms with Gasteiger partial charge in [0.05, 0.1) is 0 Å². The lowest BCUT2D eigenvalue weighted by atomic mass is 10.1. The number of anilines is 1. The fraction of sp³-hybridized carbons (Fsp3) is 0.500. The third-order valence-electron chi connectivity index (χ3n) is 3.09. The Kier molecular flexibility index (Phi) is 5.35. The van der Waals surface area contributed by atoms with Crippen LogP contribution in [0, 0.1) is 12.3 Å². The molecule has 5 nitrogen and oxygen atoms in total. The summed E-state index contributed by atoms with van der Waals surface area (Å²) in [6.07, 6.45) is 0.878. The highest BCUT2D eigenvalue weighted by atomic mass is 16.2. The highest BCUT2D eigenvalue weighted by Gasteiger charge is 2.18. The van der Waals surface area contributed by atoms with Gasteiger partial charge in [0, 0.05) is 18.3 Å². The van der Waals surface area contributed by atoms with E-state index < -0.39 is 0 Å². The van der Waals surface area contributed by atoms with Crippen molar-refractivity contribution in [3.05, 3.63) is 29.3 Å². The molecule has 0 radical (unpaired) electrons. The van der Waals surface area contributed by atoms with Crippen molar-refractivity contribution in [2.45, 2.75) is 46.6 Å². The van der Waals surface area contributed by atoms with E-state index in [4.69, 9.17) is 5.41 Å². The molecule has 0 unspecified atom stereocenters. The van der Waals surface area contributed by atoms with Crippen LogP contribution >= 0.6 is 0 Å². The standard InChI is InChI=1S/C16H26N4O/c1-7-12-10-8-9-11(2)13(12)20(6)14(17)18-15(21)19-16(3,4)5/h8-10H,7H2,1-6H3,(H3,17,18,19,21). The van der Waals surface area contributed by atoms with E-state index in [1.54, 1.807) is 11.9 Å². The molecular weight excluding hydrogens is 264 g/mol. The van der Waals surface area contributed by atoms with Crippen molar-refractivity contribution in [2.75, 3.05) is 11.9 Å². The molecule has 0 aromatic heterocycles. The van der Waals surface area contributed by atoms with Gasteiger partial charge in [-0.3, -0.25) is 10.7 Å². The van der Waals surface area contributed by atoms with Crippen molar-refractivity contribution in [2.24, 2.45) is 0 Å². The van der Waals surface area contributed by atoms with E-state index >= 15 is 0 Å². The summed E-state index contributed by atoms with van der Waals surface area (Å²) >= 11 is 0. The molecule has 0 saturated carbocycles. The van der Waals surface area contributed by atoms with Crippen LogP contribution in [0.5, 0.6) is 0 Å². The molecule has 0 bridgehead atoms. The number of guanidine groups is 1. The smallest absolute Gasteiger partial charge is 0.321 e. The maximum absolute atomic E-state index is 11.9. The normalized spacial score (nSPS) is 11.0. The number of hydrogen-bond donors (Lipinski definition) is 3. The highest BCUT2D eigenvalue weighted by molar-refractivity contribution is 6.04. The molecule has 5 heteroatoms. The number of carbonyl (C=O) groups is 1. The molecule has 21 heavy (non-hydrogen) atoms. The van der Waals surface area contributed by atoms with Crippen LogP contribution in [-0.4, -0.2) is 24.6 Å². The molecule has 0 heterocycles. The van der Waals surface area contributed by atoms with E-state index in [0.717, 1.165) is 23.2 Å². The largest absolute Gasteiger partial charge is 0.333 e. The summed E-state index contributed by atoms with van der Waals surface area (Å²) in [6.45, 7) is 9.78. The van der Waals surface area contributed by atoms with Crippen LogP contribution in [0.15, 0.2) is 18.2 Å². The summed E-state index contributed by atoms with van der Waals surface area (Å²) in [4.78, 5) is 13.6. The van der Waals surface area contributed by atoms with Crippen molar-refractivity contribution in [3.63, 3.8) is 0 Å². The quantitative estimate of drug-likeness (QED) is 0.579. The van der Waals surface area contributed by atoms with Crippen molar-refractivity contribution >= 4 is 17.7 Å². The molecule has 116 valence electrons. The Bertz CT molecular complexity index is 532. The van der Waals surface area contributed by atoms with Gasteiger partial charge in [-0.25, -0.2) is 4.79 Å². The van der Waals surface area contributed by atoms with Crippen LogP contribution in [-0.2, 0) is 6.42 Å². The second kappa shape index (κ2) is 6.61. The molecule has 0 saturated heterocycles. The van der Waals surface area contributed by atoms with Gasteiger partial charge in [-0.15, -0.1) is 0 Å². The second-order valence-electron chi connectivity index (χ2n) is 6.17. The first kappa shape index (κ1) is 17.0. The van der Waals surface area contributed by atoms with E-state index in [1.807, 2.05) is 45.9 Å². The summed E-state index contributed by atoms with van der Waals surface area (Å²) in [5.41, 5.74) is 2.88. The summed E-state index contributed by atoms with van der Waals surface area (Å²) in [5.74, 6) is 0.0563. The predicted octanol–water partition coefficient (Wildman–Crippen LogP) is 3.03. The number of urea groups is 1. The molecular formula is C16H26N4O. The summed E-state index contributed by atoms with van der Waals surface area (Å²) < 4.78 is 0. The predicted molar refractivity (Wildman–Crippen MR) is 88.1 cm³/mol. The van der Waals surface area contributed by atoms with E-state index in [0.29, 0.717) is 0 Å². The van der Waals surface area contributed by atoms with Gasteiger partial charge in [-0.05, 0) is 45.2 Å². The minimum atomic E-state index is -0.369. The number of nitrogens with zero attached hydrogens (tertiary/aromatic N) is 1. The Morgan fingerprint density at radius 3 is 2.48 bits per heavy atom. The van der Waals surface area contributed by atoms with E-state index in [1.165, 1.54) is 0 Å². The summed E-state index contributed by atoms with van der Waals surface area (Å²) in [7, 11) is 1.79. The fourth-order valence-electron chi connectivity index (χ4n) is 2.16. The lowest BCUT2D eigenvalue weighted by Gasteiger charge is -2.26.